The Balaban J connectivity index is 1.73. The molecule has 156 valence electrons. The maximum atomic E-state index is 12.7. The average Bonchev–Trinajstić information content (AvgIpc) is 2.75. The summed E-state index contributed by atoms with van der Waals surface area (Å²) in [7, 11) is -2.29. The van der Waals surface area contributed by atoms with Crippen LogP contribution in [0, 0.1) is 0 Å². The number of amides is 1. The highest BCUT2D eigenvalue weighted by Gasteiger charge is 2.16. The van der Waals surface area contributed by atoms with E-state index in [0.29, 0.717) is 35.0 Å². The maximum absolute atomic E-state index is 12.7. The number of ether oxygens (including phenoxy) is 2. The molecule has 0 aromatic heterocycles. The first-order chi connectivity index (χ1) is 14.4. The fourth-order valence-corrected chi connectivity index (χ4v) is 3.79. The fraction of sp³-hybridized carbons (Fsp3) is 0.136. The molecule has 0 atom stereocenters. The summed E-state index contributed by atoms with van der Waals surface area (Å²) in [5, 5.41) is 2.71. The summed E-state index contributed by atoms with van der Waals surface area (Å²) < 4.78 is 38.3. The second-order valence-electron chi connectivity index (χ2n) is 6.27. The Hall–Kier alpha value is -3.52. The molecule has 0 saturated carbocycles. The van der Waals surface area contributed by atoms with Gasteiger partial charge >= 0.3 is 0 Å². The zero-order chi connectivity index (χ0) is 21.6. The van der Waals surface area contributed by atoms with Crippen LogP contribution in [0.2, 0.25) is 0 Å². The van der Waals surface area contributed by atoms with E-state index in [1.54, 1.807) is 60.7 Å². The third kappa shape index (κ3) is 5.30. The Bertz CT molecular complexity index is 1110. The molecule has 2 N–H and O–H groups in total. The van der Waals surface area contributed by atoms with Gasteiger partial charge in [-0.3, -0.25) is 9.52 Å². The van der Waals surface area contributed by atoms with E-state index in [-0.39, 0.29) is 10.8 Å². The van der Waals surface area contributed by atoms with Gasteiger partial charge in [0.15, 0.2) is 0 Å². The average molecular weight is 426 g/mol. The molecule has 0 bridgehead atoms. The summed E-state index contributed by atoms with van der Waals surface area (Å²) >= 11 is 0. The van der Waals surface area contributed by atoms with E-state index in [1.165, 1.54) is 19.2 Å². The van der Waals surface area contributed by atoms with Crippen molar-refractivity contribution in [2.45, 2.75) is 11.8 Å². The molecule has 0 fully saturated rings. The number of anilines is 2. The maximum Gasteiger partial charge on any atom is 0.261 e. The number of hydrogen-bond acceptors (Lipinski definition) is 5. The smallest absolute Gasteiger partial charge is 0.261 e. The molecule has 0 aliphatic heterocycles. The monoisotopic (exact) mass is 426 g/mol. The lowest BCUT2D eigenvalue weighted by molar-refractivity contribution is 0.102. The first kappa shape index (κ1) is 21.2. The van der Waals surface area contributed by atoms with Gasteiger partial charge in [0.25, 0.3) is 15.9 Å². The van der Waals surface area contributed by atoms with Gasteiger partial charge in [0.05, 0.1) is 18.6 Å². The van der Waals surface area contributed by atoms with Crippen molar-refractivity contribution in [1.82, 2.24) is 0 Å². The van der Waals surface area contributed by atoms with Crippen molar-refractivity contribution in [2.75, 3.05) is 23.8 Å². The van der Waals surface area contributed by atoms with Gasteiger partial charge in [0.1, 0.15) is 11.5 Å². The van der Waals surface area contributed by atoms with Crippen molar-refractivity contribution in [2.24, 2.45) is 0 Å². The van der Waals surface area contributed by atoms with Crippen molar-refractivity contribution >= 4 is 27.3 Å². The van der Waals surface area contributed by atoms with E-state index in [0.717, 1.165) is 0 Å². The van der Waals surface area contributed by atoms with Crippen molar-refractivity contribution in [3.63, 3.8) is 0 Å². The van der Waals surface area contributed by atoms with Crippen molar-refractivity contribution in [3.05, 3.63) is 78.4 Å². The number of benzene rings is 3. The molecular formula is C22H22N2O5S. The van der Waals surface area contributed by atoms with Crippen LogP contribution < -0.4 is 19.5 Å². The van der Waals surface area contributed by atoms with E-state index in [1.807, 2.05) is 6.92 Å². The largest absolute Gasteiger partial charge is 0.497 e. The number of nitrogens with one attached hydrogen (secondary N) is 2. The third-order valence-electron chi connectivity index (χ3n) is 4.17. The van der Waals surface area contributed by atoms with Gasteiger partial charge in [-0.25, -0.2) is 8.42 Å². The van der Waals surface area contributed by atoms with Gasteiger partial charge < -0.3 is 14.8 Å². The lowest BCUT2D eigenvalue weighted by Crippen LogP contribution is -2.15. The van der Waals surface area contributed by atoms with Crippen LogP contribution in [0.25, 0.3) is 0 Å². The summed E-state index contributed by atoms with van der Waals surface area (Å²) in [6, 6.07) is 19.3. The molecule has 0 saturated heterocycles. The molecule has 0 unspecified atom stereocenters. The van der Waals surface area contributed by atoms with Crippen LogP contribution in [-0.2, 0) is 10.0 Å². The molecule has 0 spiro atoms. The fourth-order valence-electron chi connectivity index (χ4n) is 2.69. The molecule has 3 aromatic carbocycles. The number of carbonyl (C=O) groups excluding carboxylic acids is 1. The Morgan fingerprint density at radius 1 is 0.900 bits per heavy atom. The molecule has 30 heavy (non-hydrogen) atoms. The first-order valence-corrected chi connectivity index (χ1v) is 10.7. The lowest BCUT2D eigenvalue weighted by atomic mass is 10.2. The topological polar surface area (TPSA) is 93.7 Å². The first-order valence-electron chi connectivity index (χ1n) is 9.22. The van der Waals surface area contributed by atoms with Crippen molar-refractivity contribution in [1.29, 1.82) is 0 Å². The second kappa shape index (κ2) is 9.32. The summed E-state index contributed by atoms with van der Waals surface area (Å²) in [6.07, 6.45) is 0. The lowest BCUT2D eigenvalue weighted by Gasteiger charge is -2.11. The molecule has 3 aromatic rings. The highest BCUT2D eigenvalue weighted by Crippen LogP contribution is 2.22. The summed E-state index contributed by atoms with van der Waals surface area (Å²) in [6.45, 7) is 2.42. The van der Waals surface area contributed by atoms with Gasteiger partial charge in [-0.1, -0.05) is 6.07 Å². The molecule has 0 heterocycles. The van der Waals surface area contributed by atoms with E-state index in [9.17, 15) is 13.2 Å². The minimum Gasteiger partial charge on any atom is -0.497 e. The van der Waals surface area contributed by atoms with Crippen LogP contribution in [0.15, 0.2) is 77.7 Å². The highest BCUT2D eigenvalue weighted by molar-refractivity contribution is 7.92. The molecule has 0 aliphatic carbocycles. The Morgan fingerprint density at radius 3 is 2.20 bits per heavy atom. The van der Waals surface area contributed by atoms with Crippen molar-refractivity contribution in [3.8, 4) is 11.5 Å². The molecular weight excluding hydrogens is 404 g/mol. The summed E-state index contributed by atoms with van der Waals surface area (Å²) in [4.78, 5) is 12.5. The molecule has 8 heteroatoms. The van der Waals surface area contributed by atoms with E-state index in [4.69, 9.17) is 9.47 Å². The zero-order valence-corrected chi connectivity index (χ0v) is 17.4. The predicted molar refractivity (Wildman–Crippen MR) is 116 cm³/mol. The Kier molecular flexibility index (Phi) is 6.58. The predicted octanol–water partition coefficient (Wildman–Crippen LogP) is 4.15. The van der Waals surface area contributed by atoms with E-state index < -0.39 is 10.0 Å². The van der Waals surface area contributed by atoms with Crippen LogP contribution in [-0.4, -0.2) is 28.0 Å². The number of rotatable bonds is 8. The number of hydrogen-bond donors (Lipinski definition) is 2. The standard InChI is InChI=1S/C22H22N2O5S/c1-3-29-20-11-7-16(8-12-20)22(25)23-18-5-4-6-21(15-18)30(26,27)24-17-9-13-19(28-2)14-10-17/h4-15,24H,3H2,1-2H3,(H,23,25). The molecule has 0 aliphatic rings. The van der Waals surface area contributed by atoms with Crippen LogP contribution in [0.1, 0.15) is 17.3 Å². The normalized spacial score (nSPS) is 10.9. The van der Waals surface area contributed by atoms with Crippen molar-refractivity contribution < 1.29 is 22.7 Å². The number of carbonyl (C=O) groups is 1. The van der Waals surface area contributed by atoms with Gasteiger partial charge in [0, 0.05) is 16.9 Å². The van der Waals surface area contributed by atoms with Gasteiger partial charge in [-0.15, -0.1) is 0 Å². The molecule has 7 nitrogen and oxygen atoms in total. The zero-order valence-electron chi connectivity index (χ0n) is 16.6. The SMILES string of the molecule is CCOc1ccc(C(=O)Nc2cccc(S(=O)(=O)Nc3ccc(OC)cc3)c2)cc1. The molecule has 3 rings (SSSR count). The van der Waals surface area contributed by atoms with Gasteiger partial charge in [-0.05, 0) is 73.7 Å². The highest BCUT2D eigenvalue weighted by atomic mass is 32.2. The van der Waals surface area contributed by atoms with E-state index >= 15 is 0 Å². The van der Waals surface area contributed by atoms with E-state index in [2.05, 4.69) is 10.0 Å². The summed E-state index contributed by atoms with van der Waals surface area (Å²) in [5.74, 6) is 0.944. The van der Waals surface area contributed by atoms with Gasteiger partial charge in [0.2, 0.25) is 0 Å². The molecule has 0 radical (unpaired) electrons. The quantitative estimate of drug-likeness (QED) is 0.564. The Morgan fingerprint density at radius 2 is 1.57 bits per heavy atom. The summed E-state index contributed by atoms with van der Waals surface area (Å²) in [5.41, 5.74) is 1.20. The van der Waals surface area contributed by atoms with Crippen LogP contribution in [0.3, 0.4) is 0 Å². The minimum absolute atomic E-state index is 0.0304. The van der Waals surface area contributed by atoms with Crippen LogP contribution >= 0.6 is 0 Å². The minimum atomic E-state index is -3.83. The molecule has 1 amide bonds. The Labute approximate surface area is 175 Å². The third-order valence-corrected chi connectivity index (χ3v) is 5.55. The second-order valence-corrected chi connectivity index (χ2v) is 7.96. The van der Waals surface area contributed by atoms with Crippen LogP contribution in [0.5, 0.6) is 11.5 Å². The van der Waals surface area contributed by atoms with Gasteiger partial charge in [-0.2, -0.15) is 0 Å². The number of methoxy groups -OCH3 is 1. The number of sulfonamides is 1. The van der Waals surface area contributed by atoms with Crippen LogP contribution in [0.4, 0.5) is 11.4 Å².